The molecule has 0 aromatic heterocycles. The molecule has 3 aliphatic rings. The summed E-state index contributed by atoms with van der Waals surface area (Å²) in [6, 6.07) is 1.47. The monoisotopic (exact) mass is 205 g/mol. The molecule has 5 unspecified atom stereocenters. The van der Waals surface area contributed by atoms with Crippen molar-refractivity contribution < 1.29 is 0 Å². The summed E-state index contributed by atoms with van der Waals surface area (Å²) in [7, 11) is 0. The fraction of sp³-hybridized carbons (Fsp3) is 0.857. The third kappa shape index (κ3) is 1.65. The van der Waals surface area contributed by atoms with Gasteiger partial charge in [-0.25, -0.2) is 0 Å². The summed E-state index contributed by atoms with van der Waals surface area (Å²) in [4.78, 5) is 0. The van der Waals surface area contributed by atoms with Gasteiger partial charge < -0.3 is 5.32 Å². The van der Waals surface area contributed by atoms with Gasteiger partial charge in [0, 0.05) is 12.1 Å². The van der Waals surface area contributed by atoms with Gasteiger partial charge in [-0.3, -0.25) is 0 Å². The summed E-state index contributed by atoms with van der Waals surface area (Å²) in [5.41, 5.74) is 0. The van der Waals surface area contributed by atoms with Gasteiger partial charge in [0.05, 0.1) is 0 Å². The van der Waals surface area contributed by atoms with E-state index in [1.807, 2.05) is 0 Å². The SMILES string of the molecule is CC(C)NC1CC2CC(C1)C1CC=CC21. The minimum Gasteiger partial charge on any atom is -0.312 e. The molecule has 3 rings (SSSR count). The maximum absolute atomic E-state index is 3.75. The molecule has 0 radical (unpaired) electrons. The van der Waals surface area contributed by atoms with Gasteiger partial charge in [0.15, 0.2) is 0 Å². The first-order valence-corrected chi connectivity index (χ1v) is 6.66. The molecular formula is C14H23N. The van der Waals surface area contributed by atoms with Crippen LogP contribution >= 0.6 is 0 Å². The Balaban J connectivity index is 1.70. The van der Waals surface area contributed by atoms with Crippen molar-refractivity contribution in [3.63, 3.8) is 0 Å². The molecule has 0 heterocycles. The summed E-state index contributed by atoms with van der Waals surface area (Å²) in [6.07, 6.45) is 10.7. The van der Waals surface area contributed by atoms with E-state index in [0.717, 1.165) is 29.7 Å². The predicted molar refractivity (Wildman–Crippen MR) is 63.6 cm³/mol. The largest absolute Gasteiger partial charge is 0.312 e. The molecule has 5 atom stereocenters. The Bertz CT molecular complexity index is 269. The summed E-state index contributed by atoms with van der Waals surface area (Å²) in [5.74, 6) is 4.01. The Morgan fingerprint density at radius 2 is 1.93 bits per heavy atom. The van der Waals surface area contributed by atoms with Crippen LogP contribution < -0.4 is 5.32 Å². The Hall–Kier alpha value is -0.300. The molecule has 84 valence electrons. The molecule has 1 heteroatoms. The second kappa shape index (κ2) is 3.62. The van der Waals surface area contributed by atoms with Crippen molar-refractivity contribution in [3.05, 3.63) is 12.2 Å². The summed E-state index contributed by atoms with van der Waals surface area (Å²) >= 11 is 0. The lowest BCUT2D eigenvalue weighted by Crippen LogP contribution is -2.39. The summed E-state index contributed by atoms with van der Waals surface area (Å²) in [6.45, 7) is 4.55. The van der Waals surface area contributed by atoms with E-state index in [2.05, 4.69) is 31.3 Å². The van der Waals surface area contributed by atoms with Gasteiger partial charge in [-0.2, -0.15) is 0 Å². The second-order valence-corrected chi connectivity index (χ2v) is 6.15. The fourth-order valence-corrected chi connectivity index (χ4v) is 4.39. The smallest absolute Gasteiger partial charge is 0.00750 e. The van der Waals surface area contributed by atoms with Crippen molar-refractivity contribution in [1.82, 2.24) is 5.32 Å². The third-order valence-electron chi connectivity index (χ3n) is 4.76. The Morgan fingerprint density at radius 1 is 1.13 bits per heavy atom. The van der Waals surface area contributed by atoms with Crippen LogP contribution in [0.4, 0.5) is 0 Å². The van der Waals surface area contributed by atoms with Crippen molar-refractivity contribution in [1.29, 1.82) is 0 Å². The van der Waals surface area contributed by atoms with Gasteiger partial charge in [-0.05, 0) is 49.4 Å². The molecule has 0 aromatic carbocycles. The van der Waals surface area contributed by atoms with Crippen molar-refractivity contribution in [2.45, 2.75) is 51.6 Å². The van der Waals surface area contributed by atoms with Crippen LogP contribution in [0, 0.1) is 23.7 Å². The third-order valence-corrected chi connectivity index (χ3v) is 4.76. The van der Waals surface area contributed by atoms with E-state index in [-0.39, 0.29) is 0 Å². The van der Waals surface area contributed by atoms with Gasteiger partial charge in [-0.15, -0.1) is 0 Å². The highest BCUT2D eigenvalue weighted by Gasteiger charge is 2.47. The van der Waals surface area contributed by atoms with E-state index >= 15 is 0 Å². The number of fused-ring (bicyclic) bond motifs is 5. The van der Waals surface area contributed by atoms with Crippen LogP contribution in [-0.2, 0) is 0 Å². The Morgan fingerprint density at radius 3 is 2.73 bits per heavy atom. The molecule has 15 heavy (non-hydrogen) atoms. The molecule has 0 amide bonds. The van der Waals surface area contributed by atoms with Gasteiger partial charge in [0.25, 0.3) is 0 Å². The van der Waals surface area contributed by atoms with Crippen LogP contribution in [0.2, 0.25) is 0 Å². The van der Waals surface area contributed by atoms with Gasteiger partial charge in [-0.1, -0.05) is 26.0 Å². The van der Waals surface area contributed by atoms with E-state index in [4.69, 9.17) is 0 Å². The fourth-order valence-electron chi connectivity index (χ4n) is 4.39. The van der Waals surface area contributed by atoms with Crippen LogP contribution in [0.5, 0.6) is 0 Å². The van der Waals surface area contributed by atoms with E-state index in [1.54, 1.807) is 0 Å². The topological polar surface area (TPSA) is 12.0 Å². The molecule has 1 N–H and O–H groups in total. The molecule has 0 spiro atoms. The minimum absolute atomic E-state index is 0.655. The van der Waals surface area contributed by atoms with Crippen LogP contribution in [0.15, 0.2) is 12.2 Å². The van der Waals surface area contributed by atoms with Crippen LogP contribution in [0.3, 0.4) is 0 Å². The number of nitrogens with one attached hydrogen (secondary N) is 1. The van der Waals surface area contributed by atoms with Crippen LogP contribution in [0.1, 0.15) is 39.5 Å². The first-order valence-electron chi connectivity index (χ1n) is 6.66. The zero-order chi connectivity index (χ0) is 10.4. The molecular weight excluding hydrogens is 182 g/mol. The molecule has 2 fully saturated rings. The quantitative estimate of drug-likeness (QED) is 0.683. The maximum atomic E-state index is 3.75. The zero-order valence-corrected chi connectivity index (χ0v) is 9.95. The normalized spacial score (nSPS) is 47.5. The second-order valence-electron chi connectivity index (χ2n) is 6.15. The maximum Gasteiger partial charge on any atom is 0.00750 e. The lowest BCUT2D eigenvalue weighted by atomic mass is 9.82. The van der Waals surface area contributed by atoms with Gasteiger partial charge >= 0.3 is 0 Å². The Labute approximate surface area is 93.3 Å². The molecule has 0 aromatic rings. The van der Waals surface area contributed by atoms with Crippen molar-refractivity contribution in [2.24, 2.45) is 23.7 Å². The highest BCUT2D eigenvalue weighted by molar-refractivity contribution is 5.12. The molecule has 0 aliphatic heterocycles. The van der Waals surface area contributed by atoms with E-state index < -0.39 is 0 Å². The van der Waals surface area contributed by atoms with Gasteiger partial charge in [0.1, 0.15) is 0 Å². The standard InChI is InChI=1S/C14H23N/c1-9(2)15-12-7-10-6-11(8-12)14-5-3-4-13(10)14/h3-4,9-15H,5-8H2,1-2H3. The minimum atomic E-state index is 0.655. The van der Waals surface area contributed by atoms with E-state index in [9.17, 15) is 0 Å². The molecule has 0 saturated heterocycles. The lowest BCUT2D eigenvalue weighted by molar-refractivity contribution is 0.251. The van der Waals surface area contributed by atoms with Gasteiger partial charge in [0.2, 0.25) is 0 Å². The Kier molecular flexibility index (Phi) is 2.39. The first kappa shape index (κ1) is 9.89. The average Bonchev–Trinajstić information content (AvgIpc) is 2.70. The zero-order valence-electron chi connectivity index (χ0n) is 9.95. The number of rotatable bonds is 2. The van der Waals surface area contributed by atoms with Crippen LogP contribution in [0.25, 0.3) is 0 Å². The average molecular weight is 205 g/mol. The highest BCUT2D eigenvalue weighted by Crippen LogP contribution is 2.54. The predicted octanol–water partition coefficient (Wildman–Crippen LogP) is 2.98. The van der Waals surface area contributed by atoms with Crippen molar-refractivity contribution >= 4 is 0 Å². The first-order chi connectivity index (χ1) is 7.24. The molecule has 1 nitrogen and oxygen atoms in total. The summed E-state index contributed by atoms with van der Waals surface area (Å²) in [5, 5.41) is 3.75. The molecule has 2 saturated carbocycles. The number of allylic oxidation sites excluding steroid dienone is 2. The lowest BCUT2D eigenvalue weighted by Gasteiger charge is -2.31. The summed E-state index contributed by atoms with van der Waals surface area (Å²) < 4.78 is 0. The highest BCUT2D eigenvalue weighted by atomic mass is 14.9. The van der Waals surface area contributed by atoms with E-state index in [0.29, 0.717) is 6.04 Å². The van der Waals surface area contributed by atoms with Crippen molar-refractivity contribution in [2.75, 3.05) is 0 Å². The molecule has 2 bridgehead atoms. The van der Waals surface area contributed by atoms with Crippen molar-refractivity contribution in [3.8, 4) is 0 Å². The van der Waals surface area contributed by atoms with Crippen LogP contribution in [-0.4, -0.2) is 12.1 Å². The molecule has 3 aliphatic carbocycles. The van der Waals surface area contributed by atoms with E-state index in [1.165, 1.54) is 25.7 Å². The number of hydrogen-bond donors (Lipinski definition) is 1. The number of hydrogen-bond acceptors (Lipinski definition) is 1.